The zero-order valence-corrected chi connectivity index (χ0v) is 22.8. The van der Waals surface area contributed by atoms with Gasteiger partial charge in [-0.3, -0.25) is 0 Å². The van der Waals surface area contributed by atoms with Crippen molar-refractivity contribution in [1.82, 2.24) is 15.1 Å². The lowest BCUT2D eigenvalue weighted by molar-refractivity contribution is 0.221. The number of alkyl halides is 1. The average molecular weight is 496 g/mol. The van der Waals surface area contributed by atoms with E-state index in [1.807, 2.05) is 12.1 Å². The molecule has 1 N–H and O–H groups in total. The zero-order valence-electron chi connectivity index (χ0n) is 22.0. The number of allylic oxidation sites excluding steroid dienone is 1. The fourth-order valence-electron chi connectivity index (χ4n) is 4.07. The van der Waals surface area contributed by atoms with Crippen molar-refractivity contribution in [3.63, 3.8) is 0 Å². The summed E-state index contributed by atoms with van der Waals surface area (Å²) in [4.78, 5) is 4.34. The molecular weight excluding hydrogens is 457 g/mol. The topological polar surface area (TPSA) is 18.5 Å². The van der Waals surface area contributed by atoms with E-state index in [1.165, 1.54) is 19.4 Å². The van der Waals surface area contributed by atoms with E-state index in [4.69, 9.17) is 11.6 Å². The minimum absolute atomic E-state index is 0.395. The number of nitrogens with one attached hydrogen (secondary N) is 1. The van der Waals surface area contributed by atoms with Crippen LogP contribution in [0.5, 0.6) is 0 Å². The molecule has 188 valence electrons. The minimum atomic E-state index is -1.58. The lowest BCUT2D eigenvalue weighted by atomic mass is 9.96. The number of rotatable bonds is 12. The smallest absolute Gasteiger partial charge is 0.131 e. The van der Waals surface area contributed by atoms with E-state index in [0.717, 1.165) is 41.2 Å². The highest BCUT2D eigenvalue weighted by atomic mass is 35.5. The molecule has 2 aromatic carbocycles. The van der Waals surface area contributed by atoms with E-state index >= 15 is 0 Å². The maximum Gasteiger partial charge on any atom is 0.131 e. The molecule has 0 radical (unpaired) electrons. The summed E-state index contributed by atoms with van der Waals surface area (Å²) in [5.41, 5.74) is 5.30. The Bertz CT molecular complexity index is 1110. The molecule has 0 saturated heterocycles. The second kappa shape index (κ2) is 12.1. The van der Waals surface area contributed by atoms with E-state index in [-0.39, 0.29) is 0 Å². The number of benzene rings is 2. The second-order valence-electron chi connectivity index (χ2n) is 9.37. The van der Waals surface area contributed by atoms with Crippen molar-refractivity contribution in [3.8, 4) is 0 Å². The lowest BCUT2D eigenvalue weighted by Gasteiger charge is -2.35. The molecule has 0 amide bonds. The molecule has 0 aliphatic carbocycles. The Morgan fingerprint density at radius 2 is 1.86 bits per heavy atom. The summed E-state index contributed by atoms with van der Waals surface area (Å²) in [6, 6.07) is 13.8. The summed E-state index contributed by atoms with van der Waals surface area (Å²) in [7, 11) is 2.07. The van der Waals surface area contributed by atoms with Gasteiger partial charge in [-0.25, -0.2) is 4.39 Å². The van der Waals surface area contributed by atoms with Crippen LogP contribution in [0.25, 0.3) is 5.70 Å². The maximum absolute atomic E-state index is 14.9. The van der Waals surface area contributed by atoms with Gasteiger partial charge in [0.15, 0.2) is 0 Å². The normalized spacial score (nSPS) is 12.0. The summed E-state index contributed by atoms with van der Waals surface area (Å²) in [5.74, 6) is 0. The highest BCUT2D eigenvalue weighted by molar-refractivity contribution is 6.31. The molecule has 0 spiro atoms. The molecule has 35 heavy (non-hydrogen) atoms. The molecule has 2 aromatic rings. The standard InChI is InChI=1S/C30H39ClFN3/c1-10-17-34(9)24(6)29(22(4)33-11-2)35(20-25-14-12-13-21(3)18-25)23(5)26-15-16-28(31)27(19-26)30(7,8)32/h11-16,18-19,33H,2,4-5,10,17,20H2,1,3,6-9H3/b29-24+. The summed E-state index contributed by atoms with van der Waals surface area (Å²) < 4.78 is 14.9. The lowest BCUT2D eigenvalue weighted by Crippen LogP contribution is -2.30. The van der Waals surface area contributed by atoms with Crippen LogP contribution in [0, 0.1) is 6.92 Å². The molecule has 0 bridgehead atoms. The fourth-order valence-corrected chi connectivity index (χ4v) is 4.41. The minimum Gasteiger partial charge on any atom is -0.376 e. The van der Waals surface area contributed by atoms with Gasteiger partial charge in [0, 0.05) is 42.1 Å². The average Bonchev–Trinajstić information content (AvgIpc) is 2.78. The Kier molecular flexibility index (Phi) is 9.79. The van der Waals surface area contributed by atoms with Crippen molar-refractivity contribution in [2.24, 2.45) is 0 Å². The Balaban J connectivity index is 2.73. The van der Waals surface area contributed by atoms with Gasteiger partial charge in [-0.2, -0.15) is 0 Å². The largest absolute Gasteiger partial charge is 0.376 e. The molecular formula is C30H39ClFN3. The van der Waals surface area contributed by atoms with E-state index in [1.54, 1.807) is 18.3 Å². The molecule has 0 atom stereocenters. The second-order valence-corrected chi connectivity index (χ2v) is 9.78. The fraction of sp³-hybridized carbons (Fsp3) is 0.333. The Morgan fingerprint density at radius 1 is 1.17 bits per heavy atom. The van der Waals surface area contributed by atoms with Crippen molar-refractivity contribution in [2.45, 2.75) is 53.3 Å². The Hall–Kier alpha value is -2.98. The predicted octanol–water partition coefficient (Wildman–Crippen LogP) is 8.15. The van der Waals surface area contributed by atoms with Crippen molar-refractivity contribution in [1.29, 1.82) is 0 Å². The Morgan fingerprint density at radius 3 is 2.43 bits per heavy atom. The first-order valence-electron chi connectivity index (χ1n) is 11.9. The first-order chi connectivity index (χ1) is 16.4. The van der Waals surface area contributed by atoms with Crippen LogP contribution in [0.3, 0.4) is 0 Å². The molecule has 5 heteroatoms. The van der Waals surface area contributed by atoms with Crippen LogP contribution < -0.4 is 5.32 Å². The van der Waals surface area contributed by atoms with Gasteiger partial charge in [-0.1, -0.05) is 74.2 Å². The zero-order chi connectivity index (χ0) is 26.3. The van der Waals surface area contributed by atoms with Crippen molar-refractivity contribution in [2.75, 3.05) is 13.6 Å². The summed E-state index contributed by atoms with van der Waals surface area (Å²) in [6.45, 7) is 23.4. The third kappa shape index (κ3) is 7.25. The van der Waals surface area contributed by atoms with Gasteiger partial charge >= 0.3 is 0 Å². The van der Waals surface area contributed by atoms with Crippen molar-refractivity contribution >= 4 is 17.3 Å². The molecule has 0 aliphatic heterocycles. The molecule has 0 unspecified atom stereocenters. The SMILES string of the molecule is C=CNC(=C)/C(=C(/C)N(C)CCC)N(Cc1cccc(C)c1)C(=C)c1ccc(Cl)c(C(C)(C)F)c1. The first-order valence-corrected chi connectivity index (χ1v) is 12.3. The van der Waals surface area contributed by atoms with Crippen LogP contribution in [-0.4, -0.2) is 23.4 Å². The van der Waals surface area contributed by atoms with Gasteiger partial charge in [0.2, 0.25) is 0 Å². The highest BCUT2D eigenvalue weighted by Crippen LogP contribution is 2.36. The summed E-state index contributed by atoms with van der Waals surface area (Å²) in [6.07, 6.45) is 2.63. The van der Waals surface area contributed by atoms with Crippen LogP contribution in [0.4, 0.5) is 4.39 Å². The molecule has 2 rings (SSSR count). The van der Waals surface area contributed by atoms with Gasteiger partial charge in [0.1, 0.15) is 5.67 Å². The highest BCUT2D eigenvalue weighted by Gasteiger charge is 2.26. The predicted molar refractivity (Wildman–Crippen MR) is 149 cm³/mol. The van der Waals surface area contributed by atoms with Crippen LogP contribution >= 0.6 is 11.6 Å². The Labute approximate surface area is 216 Å². The van der Waals surface area contributed by atoms with Gasteiger partial charge in [0.25, 0.3) is 0 Å². The molecule has 0 fully saturated rings. The number of hydrogen-bond donors (Lipinski definition) is 1. The third-order valence-corrected chi connectivity index (χ3v) is 6.32. The molecule has 0 aromatic heterocycles. The van der Waals surface area contributed by atoms with E-state index < -0.39 is 5.67 Å². The number of aryl methyl sites for hydroxylation is 1. The van der Waals surface area contributed by atoms with Crippen LogP contribution in [-0.2, 0) is 12.2 Å². The van der Waals surface area contributed by atoms with Crippen LogP contribution in [0.2, 0.25) is 5.02 Å². The third-order valence-electron chi connectivity index (χ3n) is 6.00. The molecule has 0 aliphatic rings. The molecule has 0 heterocycles. The van der Waals surface area contributed by atoms with Gasteiger partial charge in [-0.15, -0.1) is 0 Å². The number of hydrogen-bond acceptors (Lipinski definition) is 3. The maximum atomic E-state index is 14.9. The van der Waals surface area contributed by atoms with Gasteiger partial charge in [-0.05, 0) is 63.6 Å². The first kappa shape index (κ1) is 28.3. The molecule has 0 saturated carbocycles. The number of nitrogens with zero attached hydrogens (tertiary/aromatic N) is 2. The van der Waals surface area contributed by atoms with Crippen LogP contribution in [0.1, 0.15) is 56.4 Å². The van der Waals surface area contributed by atoms with E-state index in [2.05, 4.69) is 80.9 Å². The molecule has 3 nitrogen and oxygen atoms in total. The summed E-state index contributed by atoms with van der Waals surface area (Å²) >= 11 is 6.36. The van der Waals surface area contributed by atoms with Gasteiger partial charge < -0.3 is 15.1 Å². The van der Waals surface area contributed by atoms with E-state index in [0.29, 0.717) is 22.8 Å². The van der Waals surface area contributed by atoms with Gasteiger partial charge in [0.05, 0.1) is 11.4 Å². The van der Waals surface area contributed by atoms with Crippen molar-refractivity contribution in [3.05, 3.63) is 113 Å². The van der Waals surface area contributed by atoms with E-state index in [9.17, 15) is 4.39 Å². The number of halogens is 2. The van der Waals surface area contributed by atoms with Crippen LogP contribution in [0.15, 0.2) is 85.5 Å². The quantitative estimate of drug-likeness (QED) is 0.300. The monoisotopic (exact) mass is 495 g/mol. The van der Waals surface area contributed by atoms with Crippen molar-refractivity contribution < 1.29 is 4.39 Å². The summed E-state index contributed by atoms with van der Waals surface area (Å²) in [5, 5.41) is 3.57.